The van der Waals surface area contributed by atoms with Crippen LogP contribution in [-0.4, -0.2) is 17.7 Å². The van der Waals surface area contributed by atoms with Gasteiger partial charge in [0.25, 0.3) is 0 Å². The van der Waals surface area contributed by atoms with Crippen LogP contribution in [0.15, 0.2) is 103 Å². The number of nitrogens with zero attached hydrogens (tertiary/aromatic N) is 1. The Labute approximate surface area is 196 Å². The second kappa shape index (κ2) is 7.17. The van der Waals surface area contributed by atoms with Gasteiger partial charge in [0.15, 0.2) is 0 Å². The van der Waals surface area contributed by atoms with Gasteiger partial charge in [-0.05, 0) is 36.4 Å². The van der Waals surface area contributed by atoms with Crippen molar-refractivity contribution in [3.63, 3.8) is 0 Å². The molecule has 2 aromatic heterocycles. The predicted octanol–water partition coefficient (Wildman–Crippen LogP) is 7.69. The van der Waals surface area contributed by atoms with E-state index >= 15 is 0 Å². The molecule has 0 spiro atoms. The molecule has 1 N–H and O–H groups in total. The molecule has 0 radical (unpaired) electrons. The van der Waals surface area contributed by atoms with Gasteiger partial charge in [0.2, 0.25) is 0 Å². The Morgan fingerprint density at radius 2 is 1.33 bits per heavy atom. The molecule has 0 saturated carbocycles. The van der Waals surface area contributed by atoms with Gasteiger partial charge in [-0.3, -0.25) is 0 Å². The van der Waals surface area contributed by atoms with Gasteiger partial charge in [-0.1, -0.05) is 85.0 Å². The van der Waals surface area contributed by atoms with Crippen LogP contribution in [0.25, 0.3) is 53.2 Å². The molecule has 2 heterocycles. The highest BCUT2D eigenvalue weighted by molar-refractivity contribution is 7.26. The summed E-state index contributed by atoms with van der Waals surface area (Å²) in [7, 11) is 2.03. The van der Waals surface area contributed by atoms with E-state index in [0.29, 0.717) is 0 Å². The van der Waals surface area contributed by atoms with Crippen molar-refractivity contribution >= 4 is 58.9 Å². The lowest BCUT2D eigenvalue weighted by atomic mass is 9.99. The van der Waals surface area contributed by atoms with Crippen molar-refractivity contribution in [2.75, 3.05) is 7.05 Å². The minimum atomic E-state index is 0.262. The molecule has 7 rings (SSSR count). The lowest BCUT2D eigenvalue weighted by molar-refractivity contribution is 0.813. The predicted molar refractivity (Wildman–Crippen MR) is 144 cm³/mol. The first kappa shape index (κ1) is 18.9. The van der Waals surface area contributed by atoms with E-state index in [1.165, 1.54) is 58.8 Å². The van der Waals surface area contributed by atoms with E-state index in [1.807, 2.05) is 18.4 Å². The van der Waals surface area contributed by atoms with E-state index < -0.39 is 0 Å². The van der Waals surface area contributed by atoms with Gasteiger partial charge >= 0.3 is 0 Å². The number of nitrogens with one attached hydrogen (secondary N) is 1. The van der Waals surface area contributed by atoms with Crippen molar-refractivity contribution in [2.45, 2.75) is 6.04 Å². The van der Waals surface area contributed by atoms with Gasteiger partial charge in [0.05, 0.1) is 27.5 Å². The summed E-state index contributed by atoms with van der Waals surface area (Å²) in [6, 6.07) is 31.2. The van der Waals surface area contributed by atoms with Gasteiger partial charge in [-0.2, -0.15) is 0 Å². The molecule has 3 heteroatoms. The maximum atomic E-state index is 3.43. The largest absolute Gasteiger partial charge is 0.310 e. The fourth-order valence-corrected chi connectivity index (χ4v) is 6.72. The Bertz CT molecular complexity index is 1710. The van der Waals surface area contributed by atoms with Crippen LogP contribution in [0.1, 0.15) is 5.56 Å². The molecular weight excluding hydrogens is 420 g/mol. The van der Waals surface area contributed by atoms with E-state index in [2.05, 4.69) is 113 Å². The third-order valence-corrected chi connectivity index (χ3v) is 8.14. The van der Waals surface area contributed by atoms with Crippen LogP contribution in [-0.2, 0) is 0 Å². The Morgan fingerprint density at radius 1 is 0.697 bits per heavy atom. The summed E-state index contributed by atoms with van der Waals surface area (Å²) in [6.45, 7) is 0. The third kappa shape index (κ3) is 2.64. The second-order valence-electron chi connectivity index (χ2n) is 8.58. The first-order chi connectivity index (χ1) is 16.3. The van der Waals surface area contributed by atoms with E-state index in [-0.39, 0.29) is 6.04 Å². The molecule has 0 bridgehead atoms. The number of hydrogen-bond acceptors (Lipinski definition) is 2. The summed E-state index contributed by atoms with van der Waals surface area (Å²) < 4.78 is 5.13. The van der Waals surface area contributed by atoms with Crippen LogP contribution >= 0.6 is 11.3 Å². The normalized spacial score (nSPS) is 15.9. The van der Waals surface area contributed by atoms with Crippen LogP contribution in [0.3, 0.4) is 0 Å². The molecule has 0 aliphatic heterocycles. The minimum absolute atomic E-state index is 0.262. The number of para-hydroxylation sites is 2. The Hall–Kier alpha value is -3.66. The molecule has 2 nitrogen and oxygen atoms in total. The summed E-state index contributed by atoms with van der Waals surface area (Å²) >= 11 is 1.91. The molecule has 33 heavy (non-hydrogen) atoms. The van der Waals surface area contributed by atoms with Crippen molar-refractivity contribution in [2.24, 2.45) is 0 Å². The number of likely N-dealkylation sites (N-methyl/N-ethyl adjacent to an activating group) is 1. The smallest absolute Gasteiger partial charge is 0.0640 e. The highest BCUT2D eigenvalue weighted by Crippen LogP contribution is 2.43. The van der Waals surface area contributed by atoms with Gasteiger partial charge < -0.3 is 9.88 Å². The van der Waals surface area contributed by atoms with Gasteiger partial charge in [0.1, 0.15) is 0 Å². The SMILES string of the molecule is CNC1C=CC=C1c1cccc2c1sc1c(-n3c4ccccc4c4ccccc43)cccc12. The van der Waals surface area contributed by atoms with Crippen LogP contribution in [0.5, 0.6) is 0 Å². The number of thiophene rings is 1. The number of fused-ring (bicyclic) bond motifs is 6. The number of allylic oxidation sites excluding steroid dienone is 2. The summed E-state index contributed by atoms with van der Waals surface area (Å²) in [4.78, 5) is 0. The molecule has 6 aromatic rings. The topological polar surface area (TPSA) is 17.0 Å². The summed E-state index contributed by atoms with van der Waals surface area (Å²) in [5.74, 6) is 0. The average Bonchev–Trinajstić information content (AvgIpc) is 3.57. The van der Waals surface area contributed by atoms with E-state index in [9.17, 15) is 0 Å². The number of aromatic nitrogens is 1. The maximum absolute atomic E-state index is 3.43. The first-order valence-electron chi connectivity index (χ1n) is 11.3. The quantitative estimate of drug-likeness (QED) is 0.297. The monoisotopic (exact) mass is 442 g/mol. The Kier molecular flexibility index (Phi) is 4.10. The summed E-state index contributed by atoms with van der Waals surface area (Å²) in [5.41, 5.74) is 6.42. The van der Waals surface area contributed by atoms with Gasteiger partial charge in [-0.15, -0.1) is 11.3 Å². The minimum Gasteiger partial charge on any atom is -0.310 e. The molecule has 1 atom stereocenters. The summed E-state index contributed by atoms with van der Waals surface area (Å²) in [5, 5.41) is 8.68. The van der Waals surface area contributed by atoms with Crippen LogP contribution in [0, 0.1) is 0 Å². The molecule has 1 aliphatic rings. The van der Waals surface area contributed by atoms with Crippen LogP contribution in [0.4, 0.5) is 0 Å². The standard InChI is InChI=1S/C30H22N2S/c1-31-25-15-7-11-19(25)22-12-6-13-23-24-14-8-18-28(30(24)33-29(22)23)32-26-16-4-2-9-20(26)21-10-3-5-17-27(21)32/h2-18,25,31H,1H3. The molecule has 1 aliphatic carbocycles. The van der Waals surface area contributed by atoms with E-state index in [4.69, 9.17) is 0 Å². The van der Waals surface area contributed by atoms with Crippen molar-refractivity contribution in [3.05, 3.63) is 109 Å². The fraction of sp³-hybridized carbons (Fsp3) is 0.0667. The van der Waals surface area contributed by atoms with Crippen molar-refractivity contribution < 1.29 is 0 Å². The average molecular weight is 443 g/mol. The van der Waals surface area contributed by atoms with Crippen molar-refractivity contribution in [1.82, 2.24) is 9.88 Å². The zero-order valence-corrected chi connectivity index (χ0v) is 19.1. The molecule has 0 fully saturated rings. The highest BCUT2D eigenvalue weighted by Gasteiger charge is 2.20. The molecule has 4 aromatic carbocycles. The lowest BCUT2D eigenvalue weighted by Crippen LogP contribution is -2.22. The van der Waals surface area contributed by atoms with Crippen LogP contribution < -0.4 is 5.32 Å². The van der Waals surface area contributed by atoms with E-state index in [1.54, 1.807) is 0 Å². The molecule has 1 unspecified atom stereocenters. The van der Waals surface area contributed by atoms with Crippen molar-refractivity contribution in [3.8, 4) is 5.69 Å². The second-order valence-corrected chi connectivity index (χ2v) is 9.60. The highest BCUT2D eigenvalue weighted by atomic mass is 32.1. The lowest BCUT2D eigenvalue weighted by Gasteiger charge is -2.13. The number of rotatable bonds is 3. The molecule has 0 saturated heterocycles. The molecule has 158 valence electrons. The number of hydrogen-bond donors (Lipinski definition) is 1. The number of benzene rings is 4. The fourth-order valence-electron chi connectivity index (χ4n) is 5.38. The Balaban J connectivity index is 1.57. The molecular formula is C30H22N2S. The van der Waals surface area contributed by atoms with Crippen LogP contribution in [0.2, 0.25) is 0 Å². The Morgan fingerprint density at radius 3 is 2.06 bits per heavy atom. The van der Waals surface area contributed by atoms with Crippen molar-refractivity contribution in [1.29, 1.82) is 0 Å². The van der Waals surface area contributed by atoms with Gasteiger partial charge in [0, 0.05) is 26.2 Å². The maximum Gasteiger partial charge on any atom is 0.0640 e. The zero-order chi connectivity index (χ0) is 21.9. The zero-order valence-electron chi connectivity index (χ0n) is 18.2. The summed E-state index contributed by atoms with van der Waals surface area (Å²) in [6.07, 6.45) is 6.63. The van der Waals surface area contributed by atoms with E-state index in [0.717, 1.165) is 0 Å². The van der Waals surface area contributed by atoms with Gasteiger partial charge in [-0.25, -0.2) is 0 Å². The molecule has 0 amide bonds. The third-order valence-electron chi connectivity index (χ3n) is 6.86. The first-order valence-corrected chi connectivity index (χ1v) is 12.2.